The van der Waals surface area contributed by atoms with Crippen molar-refractivity contribution in [2.45, 2.75) is 6.92 Å². The van der Waals surface area contributed by atoms with Gasteiger partial charge in [0, 0.05) is 0 Å². The Morgan fingerprint density at radius 1 is 2.00 bits per heavy atom. The molecule has 0 aliphatic heterocycles. The van der Waals surface area contributed by atoms with Gasteiger partial charge in [-0.1, -0.05) is 6.92 Å². The summed E-state index contributed by atoms with van der Waals surface area (Å²) in [6, 6.07) is 0. The molecule has 0 rings (SSSR count). The summed E-state index contributed by atoms with van der Waals surface area (Å²) in [7, 11) is -3.53. The molecule has 0 saturated carbocycles. The molecule has 0 aliphatic carbocycles. The summed E-state index contributed by atoms with van der Waals surface area (Å²) in [5.41, 5.74) is 0. The van der Waals surface area contributed by atoms with Crippen molar-refractivity contribution in [1.82, 2.24) is 0 Å². The van der Waals surface area contributed by atoms with E-state index in [-0.39, 0.29) is 6.16 Å². The van der Waals surface area contributed by atoms with E-state index in [2.05, 4.69) is 4.52 Å². The van der Waals surface area contributed by atoms with E-state index in [1.54, 1.807) is 0 Å². The highest BCUT2D eigenvalue weighted by atomic mass is 31.2. The van der Waals surface area contributed by atoms with E-state index < -0.39 is 7.60 Å². The molecule has 8 heavy (non-hydrogen) atoms. The summed E-state index contributed by atoms with van der Waals surface area (Å²) in [5, 5.41) is 7.73. The molecule has 0 bridgehead atoms. The normalized spacial score (nSPS) is 16.1. The molecule has 5 heteroatoms. The van der Waals surface area contributed by atoms with Crippen molar-refractivity contribution < 1.29 is 14.0 Å². The van der Waals surface area contributed by atoms with E-state index >= 15 is 0 Å². The van der Waals surface area contributed by atoms with E-state index in [0.717, 1.165) is 6.26 Å². The van der Waals surface area contributed by atoms with Crippen LogP contribution < -0.4 is 0 Å². The quantitative estimate of drug-likeness (QED) is 0.446. The van der Waals surface area contributed by atoms with Crippen molar-refractivity contribution in [3.8, 4) is 6.26 Å². The first-order valence-electron chi connectivity index (χ1n) is 2.02. The van der Waals surface area contributed by atoms with Gasteiger partial charge in [-0.3, -0.25) is 0 Å². The zero-order chi connectivity index (χ0) is 6.62. The van der Waals surface area contributed by atoms with Crippen LogP contribution in [-0.2, 0) is 9.09 Å². The highest BCUT2D eigenvalue weighted by molar-refractivity contribution is 7.52. The smallest absolute Gasteiger partial charge is 0.349 e. The lowest BCUT2D eigenvalue weighted by atomic mass is 11.0. The average Bonchev–Trinajstić information content (AvgIpc) is 1.67. The van der Waals surface area contributed by atoms with Gasteiger partial charge in [0.05, 0.1) is 6.16 Å². The molecule has 0 fully saturated rings. The van der Waals surface area contributed by atoms with Crippen molar-refractivity contribution in [3.63, 3.8) is 0 Å². The Kier molecular flexibility index (Phi) is 2.53. The first kappa shape index (κ1) is 7.48. The van der Waals surface area contributed by atoms with Crippen LogP contribution in [0.1, 0.15) is 6.92 Å². The zero-order valence-corrected chi connectivity index (χ0v) is 5.26. The fourth-order valence-electron chi connectivity index (χ4n) is 0.128. The fourth-order valence-corrected chi connectivity index (χ4v) is 0.385. The summed E-state index contributed by atoms with van der Waals surface area (Å²) in [4.78, 5) is 8.43. The first-order chi connectivity index (χ1) is 3.62. The molecule has 46 valence electrons. The van der Waals surface area contributed by atoms with Gasteiger partial charge in [0.25, 0.3) is 6.26 Å². The van der Waals surface area contributed by atoms with Crippen LogP contribution in [0.4, 0.5) is 0 Å². The summed E-state index contributed by atoms with van der Waals surface area (Å²) in [6.07, 6.45) is 1.12. The van der Waals surface area contributed by atoms with E-state index in [1.165, 1.54) is 6.92 Å². The lowest BCUT2D eigenvalue weighted by Crippen LogP contribution is -1.83. The number of nitriles is 1. The molecule has 0 spiro atoms. The van der Waals surface area contributed by atoms with Crippen LogP contribution in [0.3, 0.4) is 0 Å². The molecule has 0 aliphatic rings. The zero-order valence-electron chi connectivity index (χ0n) is 4.37. The third-order valence-corrected chi connectivity index (χ3v) is 1.75. The molecule has 0 radical (unpaired) electrons. The van der Waals surface area contributed by atoms with Crippen LogP contribution in [0.25, 0.3) is 0 Å². The second-order valence-corrected chi connectivity index (χ2v) is 3.23. The van der Waals surface area contributed by atoms with Gasteiger partial charge in [0.15, 0.2) is 0 Å². The Balaban J connectivity index is 3.78. The van der Waals surface area contributed by atoms with E-state index in [9.17, 15) is 4.57 Å². The Labute approximate surface area is 47.2 Å². The van der Waals surface area contributed by atoms with Crippen molar-refractivity contribution in [2.75, 3.05) is 6.16 Å². The maximum Gasteiger partial charge on any atom is 0.385 e. The summed E-state index contributed by atoms with van der Waals surface area (Å²) >= 11 is 0. The summed E-state index contributed by atoms with van der Waals surface area (Å²) in [5.74, 6) is 0. The van der Waals surface area contributed by atoms with Gasteiger partial charge in [0.2, 0.25) is 0 Å². The molecule has 0 aromatic carbocycles. The Morgan fingerprint density at radius 2 is 2.50 bits per heavy atom. The van der Waals surface area contributed by atoms with Gasteiger partial charge < -0.3 is 9.42 Å². The standard InChI is InChI=1S/C3H6NO3P/c1-2-8(5,6)7-3-4/h2H2,1H3,(H,5,6). The fraction of sp³-hybridized carbons (Fsp3) is 0.667. The van der Waals surface area contributed by atoms with E-state index in [1.807, 2.05) is 0 Å². The van der Waals surface area contributed by atoms with Crippen LogP contribution in [-0.4, -0.2) is 11.1 Å². The highest BCUT2D eigenvalue weighted by Gasteiger charge is 2.14. The molecule has 1 atom stereocenters. The Morgan fingerprint density at radius 3 is 2.62 bits per heavy atom. The summed E-state index contributed by atoms with van der Waals surface area (Å²) in [6.45, 7) is 1.47. The van der Waals surface area contributed by atoms with Crippen LogP contribution in [0.5, 0.6) is 0 Å². The first-order valence-corrected chi connectivity index (χ1v) is 3.78. The van der Waals surface area contributed by atoms with Crippen LogP contribution in [0.2, 0.25) is 0 Å². The average molecular weight is 135 g/mol. The number of hydrogen-bond donors (Lipinski definition) is 1. The lowest BCUT2D eigenvalue weighted by Gasteiger charge is -1.99. The van der Waals surface area contributed by atoms with Gasteiger partial charge in [-0.05, 0) is 0 Å². The van der Waals surface area contributed by atoms with Crippen molar-refractivity contribution in [1.29, 1.82) is 5.26 Å². The van der Waals surface area contributed by atoms with Gasteiger partial charge in [-0.15, -0.1) is 5.26 Å². The molecular weight excluding hydrogens is 129 g/mol. The number of hydrogen-bond acceptors (Lipinski definition) is 3. The third kappa shape index (κ3) is 2.62. The largest absolute Gasteiger partial charge is 0.385 e. The topological polar surface area (TPSA) is 70.3 Å². The maximum absolute atomic E-state index is 10.3. The number of rotatable bonds is 2. The van der Waals surface area contributed by atoms with E-state index in [0.29, 0.717) is 0 Å². The van der Waals surface area contributed by atoms with Gasteiger partial charge in [-0.2, -0.15) is 0 Å². The predicted octanol–water partition coefficient (Wildman–Crippen LogP) is 0.689. The van der Waals surface area contributed by atoms with E-state index in [4.69, 9.17) is 10.2 Å². The second-order valence-electron chi connectivity index (χ2n) is 1.14. The monoisotopic (exact) mass is 135 g/mol. The molecule has 0 aromatic rings. The Bertz CT molecular complexity index is 149. The molecular formula is C3H6NO3P. The maximum atomic E-state index is 10.3. The third-order valence-electron chi connectivity index (χ3n) is 0.583. The molecule has 0 heterocycles. The molecule has 0 aromatic heterocycles. The molecule has 0 amide bonds. The SMILES string of the molecule is CCP(=O)(O)OC#N. The minimum Gasteiger partial charge on any atom is -0.349 e. The van der Waals surface area contributed by atoms with Crippen molar-refractivity contribution in [2.24, 2.45) is 0 Å². The minimum absolute atomic E-state index is 0.0272. The molecule has 0 saturated heterocycles. The van der Waals surface area contributed by atoms with Crippen LogP contribution >= 0.6 is 7.60 Å². The summed E-state index contributed by atoms with van der Waals surface area (Å²) < 4.78 is 14.1. The van der Waals surface area contributed by atoms with Gasteiger partial charge in [-0.25, -0.2) is 4.57 Å². The lowest BCUT2D eigenvalue weighted by molar-refractivity contribution is 0.360. The second kappa shape index (κ2) is 2.71. The van der Waals surface area contributed by atoms with Crippen molar-refractivity contribution in [3.05, 3.63) is 0 Å². The molecule has 4 nitrogen and oxygen atoms in total. The van der Waals surface area contributed by atoms with Gasteiger partial charge in [0.1, 0.15) is 0 Å². The van der Waals surface area contributed by atoms with Crippen LogP contribution in [0.15, 0.2) is 0 Å². The predicted molar refractivity (Wildman–Crippen MR) is 27.1 cm³/mol. The molecule has 1 unspecified atom stereocenters. The molecule has 1 N–H and O–H groups in total. The Hall–Kier alpha value is -0.520. The van der Waals surface area contributed by atoms with Crippen LogP contribution in [0, 0.1) is 11.5 Å². The van der Waals surface area contributed by atoms with Crippen molar-refractivity contribution >= 4 is 7.60 Å². The number of nitrogens with zero attached hydrogens (tertiary/aromatic N) is 1. The minimum atomic E-state index is -3.53. The van der Waals surface area contributed by atoms with Gasteiger partial charge >= 0.3 is 7.60 Å². The highest BCUT2D eigenvalue weighted by Crippen LogP contribution is 2.40.